The van der Waals surface area contributed by atoms with Gasteiger partial charge in [-0.25, -0.2) is 0 Å². The summed E-state index contributed by atoms with van der Waals surface area (Å²) in [4.78, 5) is 2.23. The quantitative estimate of drug-likeness (QED) is 0.799. The molecule has 0 N–H and O–H groups in total. The summed E-state index contributed by atoms with van der Waals surface area (Å²) in [7, 11) is 0. The lowest BCUT2D eigenvalue weighted by atomic mass is 9.81. The first-order chi connectivity index (χ1) is 8.60. The second-order valence-corrected chi connectivity index (χ2v) is 5.58. The van der Waals surface area contributed by atoms with E-state index in [4.69, 9.17) is 10.5 Å². The lowest BCUT2D eigenvalue weighted by Gasteiger charge is -2.34. The van der Waals surface area contributed by atoms with Gasteiger partial charge in [-0.05, 0) is 37.5 Å². The third kappa shape index (κ3) is 2.35. The second-order valence-electron chi connectivity index (χ2n) is 4.73. The summed E-state index contributed by atoms with van der Waals surface area (Å²) in [5, 5.41) is 18.2. The Labute approximate surface area is 116 Å². The molecular weight excluding hydrogens is 290 g/mol. The normalized spacial score (nSPS) is 17.9. The van der Waals surface area contributed by atoms with Crippen LogP contribution in [0.3, 0.4) is 0 Å². The molecule has 0 saturated carbocycles. The number of nitriles is 2. The summed E-state index contributed by atoms with van der Waals surface area (Å²) in [5.41, 5.74) is 1.58. The number of halogens is 1. The maximum Gasteiger partial charge on any atom is 0.147 e. The van der Waals surface area contributed by atoms with Crippen molar-refractivity contribution in [1.82, 2.24) is 0 Å². The average molecular weight is 304 g/mol. The maximum absolute atomic E-state index is 9.08. The molecule has 18 heavy (non-hydrogen) atoms. The van der Waals surface area contributed by atoms with E-state index in [0.717, 1.165) is 23.2 Å². The van der Waals surface area contributed by atoms with Gasteiger partial charge in [0.15, 0.2) is 0 Å². The van der Waals surface area contributed by atoms with E-state index in [1.807, 2.05) is 0 Å². The van der Waals surface area contributed by atoms with Gasteiger partial charge in [0.1, 0.15) is 5.41 Å². The molecule has 0 aromatic heterocycles. The van der Waals surface area contributed by atoms with Crippen LogP contribution in [0.15, 0.2) is 22.7 Å². The van der Waals surface area contributed by atoms with E-state index in [1.54, 1.807) is 0 Å². The highest BCUT2D eigenvalue weighted by atomic mass is 79.9. The van der Waals surface area contributed by atoms with E-state index in [-0.39, 0.29) is 0 Å². The van der Waals surface area contributed by atoms with Crippen molar-refractivity contribution < 1.29 is 0 Å². The molecule has 1 fully saturated rings. The number of hydrogen-bond donors (Lipinski definition) is 0. The summed E-state index contributed by atoms with van der Waals surface area (Å²) in [6, 6.07) is 10.6. The first-order valence-corrected chi connectivity index (χ1v) is 6.73. The number of hydrogen-bond acceptors (Lipinski definition) is 3. The number of aryl methyl sites for hydroxylation is 1. The van der Waals surface area contributed by atoms with E-state index < -0.39 is 5.41 Å². The lowest BCUT2D eigenvalue weighted by Crippen LogP contribution is -2.38. The Kier molecular flexibility index (Phi) is 3.59. The van der Waals surface area contributed by atoms with Crippen molar-refractivity contribution in [3.05, 3.63) is 28.2 Å². The molecule has 1 aromatic carbocycles. The number of rotatable bonds is 1. The van der Waals surface area contributed by atoms with Crippen LogP contribution in [0.25, 0.3) is 0 Å². The van der Waals surface area contributed by atoms with E-state index >= 15 is 0 Å². The van der Waals surface area contributed by atoms with Crippen LogP contribution in [0.4, 0.5) is 5.69 Å². The molecule has 0 bridgehead atoms. The number of nitrogens with zero attached hydrogens (tertiary/aromatic N) is 3. The Balaban J connectivity index is 2.13. The second kappa shape index (κ2) is 5.00. The van der Waals surface area contributed by atoms with Gasteiger partial charge < -0.3 is 4.90 Å². The van der Waals surface area contributed by atoms with Crippen LogP contribution in [0.1, 0.15) is 18.4 Å². The summed E-state index contributed by atoms with van der Waals surface area (Å²) in [6.45, 7) is 3.58. The lowest BCUT2D eigenvalue weighted by molar-refractivity contribution is 0.393. The van der Waals surface area contributed by atoms with E-state index in [1.165, 1.54) is 5.56 Å². The zero-order valence-corrected chi connectivity index (χ0v) is 11.9. The molecule has 2 rings (SSSR count). The van der Waals surface area contributed by atoms with Crippen molar-refractivity contribution >= 4 is 21.6 Å². The van der Waals surface area contributed by atoms with Crippen molar-refractivity contribution in [2.24, 2.45) is 5.41 Å². The summed E-state index contributed by atoms with van der Waals surface area (Å²) >= 11 is 3.53. The largest absolute Gasteiger partial charge is 0.371 e. The molecular formula is C14H14BrN3. The molecule has 1 aromatic rings. The maximum atomic E-state index is 9.08. The number of anilines is 1. The van der Waals surface area contributed by atoms with Gasteiger partial charge in [0.25, 0.3) is 0 Å². The van der Waals surface area contributed by atoms with Gasteiger partial charge in [0, 0.05) is 23.2 Å². The molecule has 92 valence electrons. The number of benzene rings is 1. The van der Waals surface area contributed by atoms with Gasteiger partial charge in [-0.2, -0.15) is 10.5 Å². The fraction of sp³-hybridized carbons (Fsp3) is 0.429. The van der Waals surface area contributed by atoms with Crippen molar-refractivity contribution in [2.75, 3.05) is 18.0 Å². The Morgan fingerprint density at radius 3 is 2.33 bits per heavy atom. The third-order valence-electron chi connectivity index (χ3n) is 3.57. The van der Waals surface area contributed by atoms with E-state index in [2.05, 4.69) is 58.1 Å². The topological polar surface area (TPSA) is 50.8 Å². The van der Waals surface area contributed by atoms with Crippen LogP contribution < -0.4 is 4.90 Å². The molecule has 1 aliphatic rings. The van der Waals surface area contributed by atoms with E-state index in [9.17, 15) is 0 Å². The Bertz CT molecular complexity index is 515. The molecule has 0 spiro atoms. The van der Waals surface area contributed by atoms with Crippen molar-refractivity contribution in [1.29, 1.82) is 10.5 Å². The molecule has 1 aliphatic heterocycles. The fourth-order valence-electron chi connectivity index (χ4n) is 2.17. The molecule has 1 heterocycles. The van der Waals surface area contributed by atoms with Gasteiger partial charge in [-0.15, -0.1) is 0 Å². The molecule has 0 amide bonds. The Morgan fingerprint density at radius 1 is 1.22 bits per heavy atom. The Morgan fingerprint density at radius 2 is 1.83 bits per heavy atom. The molecule has 4 heteroatoms. The first kappa shape index (κ1) is 12.9. The fourth-order valence-corrected chi connectivity index (χ4v) is 2.54. The van der Waals surface area contributed by atoms with Crippen molar-refractivity contribution in [2.45, 2.75) is 19.8 Å². The molecule has 0 unspecified atom stereocenters. The summed E-state index contributed by atoms with van der Waals surface area (Å²) < 4.78 is 1.09. The van der Waals surface area contributed by atoms with Crippen LogP contribution in [-0.4, -0.2) is 13.1 Å². The molecule has 1 saturated heterocycles. The van der Waals surface area contributed by atoms with Crippen molar-refractivity contribution in [3.8, 4) is 12.1 Å². The minimum absolute atomic E-state index is 0.617. The summed E-state index contributed by atoms with van der Waals surface area (Å²) in [5.74, 6) is 0. The molecule has 0 atom stereocenters. The number of piperidine rings is 1. The van der Waals surface area contributed by atoms with Gasteiger partial charge in [-0.1, -0.05) is 22.0 Å². The van der Waals surface area contributed by atoms with Crippen LogP contribution >= 0.6 is 15.9 Å². The monoisotopic (exact) mass is 303 g/mol. The van der Waals surface area contributed by atoms with Gasteiger partial charge in [-0.3, -0.25) is 0 Å². The highest BCUT2D eigenvalue weighted by Gasteiger charge is 2.34. The zero-order valence-electron chi connectivity index (χ0n) is 10.3. The first-order valence-electron chi connectivity index (χ1n) is 5.94. The van der Waals surface area contributed by atoms with Gasteiger partial charge in [0.2, 0.25) is 0 Å². The Hall–Kier alpha value is -1.52. The van der Waals surface area contributed by atoms with E-state index in [0.29, 0.717) is 12.8 Å². The molecule has 3 nitrogen and oxygen atoms in total. The minimum Gasteiger partial charge on any atom is -0.371 e. The van der Waals surface area contributed by atoms with Crippen LogP contribution in [0, 0.1) is 35.0 Å². The standard InChI is InChI=1S/C14H14BrN3/c1-11-2-3-12(8-13(11)15)18-6-4-14(9-16,10-17)5-7-18/h2-3,8H,4-7H2,1H3. The average Bonchev–Trinajstić information content (AvgIpc) is 2.42. The van der Waals surface area contributed by atoms with Crippen LogP contribution in [0.2, 0.25) is 0 Å². The predicted molar refractivity (Wildman–Crippen MR) is 74.0 cm³/mol. The van der Waals surface area contributed by atoms with Crippen LogP contribution in [0.5, 0.6) is 0 Å². The summed E-state index contributed by atoms with van der Waals surface area (Å²) in [6.07, 6.45) is 1.23. The smallest absolute Gasteiger partial charge is 0.147 e. The van der Waals surface area contributed by atoms with Crippen molar-refractivity contribution in [3.63, 3.8) is 0 Å². The van der Waals surface area contributed by atoms with Crippen LogP contribution in [-0.2, 0) is 0 Å². The van der Waals surface area contributed by atoms with Gasteiger partial charge in [0.05, 0.1) is 12.1 Å². The zero-order chi connectivity index (χ0) is 13.2. The van der Waals surface area contributed by atoms with Gasteiger partial charge >= 0.3 is 0 Å². The minimum atomic E-state index is -0.779. The SMILES string of the molecule is Cc1ccc(N2CCC(C#N)(C#N)CC2)cc1Br. The highest BCUT2D eigenvalue weighted by Crippen LogP contribution is 2.33. The third-order valence-corrected chi connectivity index (χ3v) is 4.42. The predicted octanol–water partition coefficient (Wildman–Crippen LogP) is 3.39. The molecule has 0 radical (unpaired) electrons. The molecule has 0 aliphatic carbocycles. The highest BCUT2D eigenvalue weighted by molar-refractivity contribution is 9.10.